The molecule has 0 heterocycles. The minimum atomic E-state index is -0.757. The van der Waals surface area contributed by atoms with Gasteiger partial charge < -0.3 is 15.3 Å². The number of aliphatic hydroxyl groups excluding tert-OH is 2. The van der Waals surface area contributed by atoms with Gasteiger partial charge in [0.25, 0.3) is 0 Å². The summed E-state index contributed by atoms with van der Waals surface area (Å²) in [5.74, 6) is 4.95. The Morgan fingerprint density at radius 2 is 1.64 bits per heavy atom. The van der Waals surface area contributed by atoms with Gasteiger partial charge in [-0.15, -0.1) is 0 Å². The van der Waals surface area contributed by atoms with E-state index in [0.29, 0.717) is 24.8 Å². The summed E-state index contributed by atoms with van der Waals surface area (Å²) in [7, 11) is 0. The van der Waals surface area contributed by atoms with E-state index in [9.17, 15) is 19.4 Å². The summed E-state index contributed by atoms with van der Waals surface area (Å²) in [6.07, 6.45) is 6.26. The predicted octanol–water partition coefficient (Wildman–Crippen LogP) is 4.13. The van der Waals surface area contributed by atoms with Crippen LogP contribution in [-0.2, 0) is 4.79 Å². The number of rotatable bonds is 10. The highest BCUT2D eigenvalue weighted by molar-refractivity contribution is 5.66. The molecule has 0 aliphatic heterocycles. The van der Waals surface area contributed by atoms with Gasteiger partial charge in [0.2, 0.25) is 0 Å². The Kier molecular flexibility index (Phi) is 9.46. The number of unbranched alkanes of at least 4 members (excludes halogenated alkanes) is 4. The lowest BCUT2D eigenvalue weighted by Gasteiger charge is -2.23. The number of carboxylic acid groups (broad SMARTS) is 1. The highest BCUT2D eigenvalue weighted by Crippen LogP contribution is 2.39. The van der Waals surface area contributed by atoms with Gasteiger partial charge in [-0.05, 0) is 56.1 Å². The summed E-state index contributed by atoms with van der Waals surface area (Å²) in [4.78, 5) is 10.5. The van der Waals surface area contributed by atoms with Gasteiger partial charge in [0.1, 0.15) is 5.82 Å². The predicted molar refractivity (Wildman–Crippen MR) is 106 cm³/mol. The third-order valence-electron chi connectivity index (χ3n) is 5.64. The molecule has 1 aromatic carbocycles. The van der Waals surface area contributed by atoms with Crippen molar-refractivity contribution < 1.29 is 24.5 Å². The minimum Gasteiger partial charge on any atom is -0.481 e. The maximum Gasteiger partial charge on any atom is 0.303 e. The van der Waals surface area contributed by atoms with Crippen LogP contribution in [0.2, 0.25) is 0 Å². The minimum absolute atomic E-state index is 0.0734. The molecule has 4 nitrogen and oxygen atoms in total. The smallest absolute Gasteiger partial charge is 0.303 e. The summed E-state index contributed by atoms with van der Waals surface area (Å²) in [6.45, 7) is 0. The van der Waals surface area contributed by atoms with Crippen LogP contribution in [0.1, 0.15) is 69.8 Å². The molecule has 28 heavy (non-hydrogen) atoms. The first-order valence-corrected chi connectivity index (χ1v) is 10.3. The summed E-state index contributed by atoms with van der Waals surface area (Å²) < 4.78 is 13.5. The van der Waals surface area contributed by atoms with Gasteiger partial charge in [-0.1, -0.05) is 43.2 Å². The summed E-state index contributed by atoms with van der Waals surface area (Å²) >= 11 is 0. The van der Waals surface area contributed by atoms with Gasteiger partial charge in [0.15, 0.2) is 0 Å². The summed E-state index contributed by atoms with van der Waals surface area (Å²) in [6, 6.07) is 6.45. The first-order chi connectivity index (χ1) is 13.5. The van der Waals surface area contributed by atoms with Crippen molar-refractivity contribution in [1.29, 1.82) is 0 Å². The fourth-order valence-corrected chi connectivity index (χ4v) is 4.14. The van der Waals surface area contributed by atoms with Crippen molar-refractivity contribution in [3.05, 3.63) is 35.6 Å². The van der Waals surface area contributed by atoms with E-state index < -0.39 is 18.2 Å². The van der Waals surface area contributed by atoms with Crippen molar-refractivity contribution in [1.82, 2.24) is 0 Å². The Balaban J connectivity index is 1.72. The Labute approximate surface area is 166 Å². The zero-order chi connectivity index (χ0) is 20.4. The van der Waals surface area contributed by atoms with Crippen LogP contribution in [0.4, 0.5) is 4.39 Å². The van der Waals surface area contributed by atoms with Crippen LogP contribution >= 0.6 is 0 Å². The van der Waals surface area contributed by atoms with E-state index in [1.165, 1.54) is 6.07 Å². The number of hydrogen-bond acceptors (Lipinski definition) is 3. The second-order valence-electron chi connectivity index (χ2n) is 7.72. The van der Waals surface area contributed by atoms with Crippen molar-refractivity contribution in [3.8, 4) is 11.8 Å². The highest BCUT2D eigenvalue weighted by atomic mass is 19.1. The van der Waals surface area contributed by atoms with Gasteiger partial charge in [-0.2, -0.15) is 0 Å². The zero-order valence-electron chi connectivity index (χ0n) is 16.3. The fourth-order valence-electron chi connectivity index (χ4n) is 4.14. The Bertz CT molecular complexity index is 679. The van der Waals surface area contributed by atoms with Crippen molar-refractivity contribution in [3.63, 3.8) is 0 Å². The molecule has 0 spiro atoms. The van der Waals surface area contributed by atoms with Gasteiger partial charge in [-0.25, -0.2) is 4.39 Å². The topological polar surface area (TPSA) is 77.8 Å². The van der Waals surface area contributed by atoms with E-state index in [-0.39, 0.29) is 24.1 Å². The van der Waals surface area contributed by atoms with Crippen LogP contribution in [0, 0.1) is 29.5 Å². The van der Waals surface area contributed by atoms with Crippen LogP contribution in [0.25, 0.3) is 0 Å². The third-order valence-corrected chi connectivity index (χ3v) is 5.64. The molecule has 1 aliphatic rings. The van der Waals surface area contributed by atoms with Crippen molar-refractivity contribution in [2.45, 2.75) is 76.4 Å². The molecule has 154 valence electrons. The normalized spacial score (nSPS) is 24.0. The molecular weight excluding hydrogens is 359 g/mol. The number of aliphatic carboxylic acids is 1. The first kappa shape index (κ1) is 22.4. The fraction of sp³-hybridized carbons (Fsp3) is 0.609. The first-order valence-electron chi connectivity index (χ1n) is 10.3. The van der Waals surface area contributed by atoms with E-state index in [4.69, 9.17) is 5.11 Å². The van der Waals surface area contributed by atoms with E-state index in [0.717, 1.165) is 38.5 Å². The monoisotopic (exact) mass is 390 g/mol. The Hall–Kier alpha value is -1.90. The molecule has 1 saturated carbocycles. The number of hydrogen-bond donors (Lipinski definition) is 3. The highest BCUT2D eigenvalue weighted by Gasteiger charge is 2.40. The average molecular weight is 390 g/mol. The molecule has 0 bridgehead atoms. The van der Waals surface area contributed by atoms with Crippen molar-refractivity contribution in [2.24, 2.45) is 11.8 Å². The maximum atomic E-state index is 13.5. The number of carboxylic acids is 1. The van der Waals surface area contributed by atoms with Gasteiger partial charge in [0.05, 0.1) is 17.8 Å². The largest absolute Gasteiger partial charge is 0.481 e. The van der Waals surface area contributed by atoms with Crippen LogP contribution in [0.3, 0.4) is 0 Å². The molecule has 2 rings (SSSR count). The summed E-state index contributed by atoms with van der Waals surface area (Å²) in [5, 5.41) is 29.2. The molecule has 0 radical (unpaired) electrons. The molecule has 1 aliphatic carbocycles. The molecule has 5 heteroatoms. The zero-order valence-corrected chi connectivity index (χ0v) is 16.3. The molecule has 0 saturated heterocycles. The molecular formula is C23H31FO4. The van der Waals surface area contributed by atoms with Crippen molar-refractivity contribution in [2.75, 3.05) is 0 Å². The van der Waals surface area contributed by atoms with Crippen LogP contribution in [0.5, 0.6) is 0 Å². The molecule has 4 atom stereocenters. The average Bonchev–Trinajstić information content (AvgIpc) is 2.92. The van der Waals surface area contributed by atoms with E-state index in [1.807, 2.05) is 0 Å². The SMILES string of the molecule is O=C(O)CCCCCCC1C(CCCC#Cc2ccccc2F)[C@H](O)C[C@@H]1O. The standard InChI is InChI=1S/C23H31FO4/c24-20-14-9-8-11-17(20)10-4-3-6-13-19-18(21(25)16-22(19)26)12-5-1-2-7-15-23(27)28/h8-9,11,14,18-19,21-22,25-26H,1-3,5-7,12-13,15-16H2,(H,27,28)/t18?,19?,21-,22+/m0/s1. The van der Waals surface area contributed by atoms with Crippen LogP contribution in [-0.4, -0.2) is 33.5 Å². The Morgan fingerprint density at radius 1 is 1.00 bits per heavy atom. The molecule has 3 N–H and O–H groups in total. The van der Waals surface area contributed by atoms with E-state index >= 15 is 0 Å². The molecule has 2 unspecified atom stereocenters. The lowest BCUT2D eigenvalue weighted by molar-refractivity contribution is -0.137. The lowest BCUT2D eigenvalue weighted by atomic mass is 9.85. The quantitative estimate of drug-likeness (QED) is 0.415. The van der Waals surface area contributed by atoms with Gasteiger partial charge in [0, 0.05) is 12.8 Å². The second kappa shape index (κ2) is 11.8. The van der Waals surface area contributed by atoms with Crippen molar-refractivity contribution >= 4 is 5.97 Å². The number of aliphatic hydroxyl groups is 2. The second-order valence-corrected chi connectivity index (χ2v) is 7.72. The maximum absolute atomic E-state index is 13.5. The lowest BCUT2D eigenvalue weighted by Crippen LogP contribution is -2.22. The molecule has 1 aromatic rings. The number of carbonyl (C=O) groups is 1. The Morgan fingerprint density at radius 3 is 2.32 bits per heavy atom. The van der Waals surface area contributed by atoms with Crippen LogP contribution < -0.4 is 0 Å². The van der Waals surface area contributed by atoms with Crippen LogP contribution in [0.15, 0.2) is 24.3 Å². The van der Waals surface area contributed by atoms with E-state index in [1.54, 1.807) is 18.2 Å². The third kappa shape index (κ3) is 7.26. The molecule has 0 aromatic heterocycles. The number of halogens is 1. The molecule has 0 amide bonds. The van der Waals surface area contributed by atoms with E-state index in [2.05, 4.69) is 11.8 Å². The number of benzene rings is 1. The molecule has 1 fully saturated rings. The van der Waals surface area contributed by atoms with Gasteiger partial charge >= 0.3 is 5.97 Å². The summed E-state index contributed by atoms with van der Waals surface area (Å²) in [5.41, 5.74) is 0.402. The van der Waals surface area contributed by atoms with Gasteiger partial charge in [-0.3, -0.25) is 4.79 Å².